The summed E-state index contributed by atoms with van der Waals surface area (Å²) in [6.07, 6.45) is 3.69. The lowest BCUT2D eigenvalue weighted by molar-refractivity contribution is 0.328. The Morgan fingerprint density at radius 3 is 2.40 bits per heavy atom. The molecule has 0 aromatic carbocycles. The average molecular weight is 214 g/mol. The standard InChI is InChI=1S/C11H26N4/c1-5-7-8-9-15(10(3)4)11(14-12)13-6-2/h10H,5-9,12H2,1-4H3,(H,13,14). The number of guanidine groups is 1. The fraction of sp³-hybridized carbons (Fsp3) is 0.909. The van der Waals surface area contributed by atoms with Crippen molar-refractivity contribution < 1.29 is 0 Å². The first-order chi connectivity index (χ1) is 7.17. The predicted octanol–water partition coefficient (Wildman–Crippen LogP) is 1.73. The third-order valence-corrected chi connectivity index (χ3v) is 2.33. The lowest BCUT2D eigenvalue weighted by Crippen LogP contribution is -2.48. The molecule has 0 amide bonds. The summed E-state index contributed by atoms with van der Waals surface area (Å²) in [6, 6.07) is 0.434. The molecule has 0 unspecified atom stereocenters. The second-order valence-electron chi connectivity index (χ2n) is 3.94. The Morgan fingerprint density at radius 2 is 2.00 bits per heavy atom. The number of rotatable bonds is 6. The smallest absolute Gasteiger partial charge is 0.208 e. The summed E-state index contributed by atoms with van der Waals surface area (Å²) < 4.78 is 0. The van der Waals surface area contributed by atoms with Gasteiger partial charge in [0.25, 0.3) is 0 Å². The molecule has 0 spiro atoms. The van der Waals surface area contributed by atoms with Gasteiger partial charge in [0.2, 0.25) is 5.96 Å². The molecule has 0 radical (unpaired) electrons. The van der Waals surface area contributed by atoms with Gasteiger partial charge in [0.05, 0.1) is 0 Å². The van der Waals surface area contributed by atoms with E-state index < -0.39 is 0 Å². The zero-order valence-corrected chi connectivity index (χ0v) is 10.6. The van der Waals surface area contributed by atoms with Crippen LogP contribution in [0.1, 0.15) is 47.0 Å². The molecular weight excluding hydrogens is 188 g/mol. The van der Waals surface area contributed by atoms with Crippen molar-refractivity contribution >= 4 is 5.96 Å². The molecule has 0 saturated carbocycles. The normalized spacial score (nSPS) is 12.0. The van der Waals surface area contributed by atoms with E-state index in [1.807, 2.05) is 6.92 Å². The van der Waals surface area contributed by atoms with Gasteiger partial charge < -0.3 is 4.90 Å². The Hall–Kier alpha value is -0.770. The molecule has 90 valence electrons. The fourth-order valence-electron chi connectivity index (χ4n) is 1.51. The van der Waals surface area contributed by atoms with Crippen LogP contribution in [0.15, 0.2) is 4.99 Å². The highest BCUT2D eigenvalue weighted by molar-refractivity contribution is 5.79. The number of hydrazine groups is 1. The molecule has 4 nitrogen and oxygen atoms in total. The van der Waals surface area contributed by atoms with Crippen molar-refractivity contribution in [2.75, 3.05) is 13.1 Å². The molecule has 0 heterocycles. The quantitative estimate of drug-likeness (QED) is 0.233. The van der Waals surface area contributed by atoms with E-state index >= 15 is 0 Å². The van der Waals surface area contributed by atoms with Gasteiger partial charge in [0, 0.05) is 19.1 Å². The van der Waals surface area contributed by atoms with Gasteiger partial charge in [-0.2, -0.15) is 0 Å². The van der Waals surface area contributed by atoms with Gasteiger partial charge in [-0.25, -0.2) is 5.84 Å². The van der Waals surface area contributed by atoms with Gasteiger partial charge in [-0.1, -0.05) is 19.8 Å². The van der Waals surface area contributed by atoms with Crippen molar-refractivity contribution in [1.82, 2.24) is 10.3 Å². The molecule has 0 rings (SSSR count). The molecule has 0 aromatic heterocycles. The SMILES string of the molecule is CCCCCN(C(=NCC)NN)C(C)C. The molecule has 0 aromatic rings. The van der Waals surface area contributed by atoms with Crippen molar-refractivity contribution in [3.63, 3.8) is 0 Å². The van der Waals surface area contributed by atoms with Crippen LogP contribution < -0.4 is 11.3 Å². The highest BCUT2D eigenvalue weighted by Gasteiger charge is 2.12. The molecule has 0 saturated heterocycles. The molecule has 0 atom stereocenters. The number of nitrogens with two attached hydrogens (primary N) is 1. The summed E-state index contributed by atoms with van der Waals surface area (Å²) in [5.41, 5.74) is 2.69. The van der Waals surface area contributed by atoms with E-state index in [2.05, 4.69) is 36.1 Å². The van der Waals surface area contributed by atoms with Crippen LogP contribution in [0.2, 0.25) is 0 Å². The first-order valence-electron chi connectivity index (χ1n) is 5.95. The molecule has 3 N–H and O–H groups in total. The average Bonchev–Trinajstić information content (AvgIpc) is 2.21. The summed E-state index contributed by atoms with van der Waals surface area (Å²) in [5.74, 6) is 6.29. The van der Waals surface area contributed by atoms with Gasteiger partial charge in [-0.15, -0.1) is 0 Å². The topological polar surface area (TPSA) is 53.6 Å². The highest BCUT2D eigenvalue weighted by atomic mass is 15.4. The Labute approximate surface area is 93.9 Å². The van der Waals surface area contributed by atoms with Crippen molar-refractivity contribution in [3.05, 3.63) is 0 Å². The third kappa shape index (κ3) is 5.62. The van der Waals surface area contributed by atoms with E-state index in [-0.39, 0.29) is 0 Å². The summed E-state index contributed by atoms with van der Waals surface area (Å²) in [6.45, 7) is 10.3. The second kappa shape index (κ2) is 8.53. The van der Waals surface area contributed by atoms with Gasteiger partial charge in [-0.3, -0.25) is 10.4 Å². The maximum atomic E-state index is 5.48. The van der Waals surface area contributed by atoms with Crippen LogP contribution in [0, 0.1) is 0 Å². The number of aliphatic imine (C=N–C) groups is 1. The maximum absolute atomic E-state index is 5.48. The molecule has 15 heavy (non-hydrogen) atoms. The van der Waals surface area contributed by atoms with Crippen LogP contribution in [-0.4, -0.2) is 30.0 Å². The van der Waals surface area contributed by atoms with Gasteiger partial charge in [0.1, 0.15) is 0 Å². The van der Waals surface area contributed by atoms with E-state index in [1.54, 1.807) is 0 Å². The van der Waals surface area contributed by atoms with Crippen molar-refractivity contribution in [2.45, 2.75) is 53.0 Å². The van der Waals surface area contributed by atoms with E-state index in [9.17, 15) is 0 Å². The Balaban J connectivity index is 4.29. The number of nitrogens with zero attached hydrogens (tertiary/aromatic N) is 2. The van der Waals surface area contributed by atoms with E-state index in [1.165, 1.54) is 19.3 Å². The number of unbranched alkanes of at least 4 members (excludes halogenated alkanes) is 2. The first kappa shape index (κ1) is 14.2. The van der Waals surface area contributed by atoms with Gasteiger partial charge in [-0.05, 0) is 27.2 Å². The Morgan fingerprint density at radius 1 is 1.33 bits per heavy atom. The molecule has 4 heteroatoms. The largest absolute Gasteiger partial charge is 0.340 e. The fourth-order valence-corrected chi connectivity index (χ4v) is 1.51. The number of hydrogen-bond donors (Lipinski definition) is 2. The molecule has 0 fully saturated rings. The van der Waals surface area contributed by atoms with Crippen LogP contribution in [-0.2, 0) is 0 Å². The van der Waals surface area contributed by atoms with Crippen molar-refractivity contribution in [2.24, 2.45) is 10.8 Å². The van der Waals surface area contributed by atoms with Crippen molar-refractivity contribution in [3.8, 4) is 0 Å². The second-order valence-corrected chi connectivity index (χ2v) is 3.94. The van der Waals surface area contributed by atoms with Crippen molar-refractivity contribution in [1.29, 1.82) is 0 Å². The summed E-state index contributed by atoms with van der Waals surface area (Å²) >= 11 is 0. The van der Waals surface area contributed by atoms with Crippen LogP contribution in [0.25, 0.3) is 0 Å². The molecule has 0 bridgehead atoms. The van der Waals surface area contributed by atoms with Crippen LogP contribution in [0.4, 0.5) is 0 Å². The monoisotopic (exact) mass is 214 g/mol. The number of nitrogens with one attached hydrogen (secondary N) is 1. The highest BCUT2D eigenvalue weighted by Crippen LogP contribution is 2.03. The molecule has 0 aliphatic heterocycles. The Bertz CT molecular complexity index is 177. The zero-order valence-electron chi connectivity index (χ0n) is 10.6. The van der Waals surface area contributed by atoms with E-state index in [4.69, 9.17) is 5.84 Å². The Kier molecular flexibility index (Phi) is 8.09. The molecule has 0 aliphatic rings. The molecular formula is C11H26N4. The summed E-state index contributed by atoms with van der Waals surface area (Å²) in [4.78, 5) is 6.57. The van der Waals surface area contributed by atoms with Gasteiger partial charge in [0.15, 0.2) is 0 Å². The summed E-state index contributed by atoms with van der Waals surface area (Å²) in [5, 5.41) is 0. The van der Waals surface area contributed by atoms with E-state index in [0.29, 0.717) is 6.04 Å². The van der Waals surface area contributed by atoms with Crippen LogP contribution in [0.3, 0.4) is 0 Å². The van der Waals surface area contributed by atoms with Crippen LogP contribution >= 0.6 is 0 Å². The third-order valence-electron chi connectivity index (χ3n) is 2.33. The van der Waals surface area contributed by atoms with E-state index in [0.717, 1.165) is 19.0 Å². The minimum atomic E-state index is 0.434. The number of hydrogen-bond acceptors (Lipinski definition) is 2. The van der Waals surface area contributed by atoms with Gasteiger partial charge >= 0.3 is 0 Å². The molecule has 0 aliphatic carbocycles. The van der Waals surface area contributed by atoms with Crippen LogP contribution in [0.5, 0.6) is 0 Å². The predicted molar refractivity (Wildman–Crippen MR) is 66.7 cm³/mol. The zero-order chi connectivity index (χ0) is 11.7. The maximum Gasteiger partial charge on any atom is 0.208 e. The lowest BCUT2D eigenvalue weighted by atomic mass is 10.2. The minimum absolute atomic E-state index is 0.434. The summed E-state index contributed by atoms with van der Waals surface area (Å²) in [7, 11) is 0. The first-order valence-corrected chi connectivity index (χ1v) is 5.95. The minimum Gasteiger partial charge on any atom is -0.340 e. The lowest BCUT2D eigenvalue weighted by Gasteiger charge is -2.29.